The molecule has 2 aromatic rings. The number of hydrogen-bond donors (Lipinski definition) is 1. The number of pyridine rings is 1. The van der Waals surface area contributed by atoms with Crippen molar-refractivity contribution in [1.29, 1.82) is 0 Å². The molecular formula is C14H15BrN2O. The number of nitrogens with zero attached hydrogens (tertiary/aromatic N) is 1. The van der Waals surface area contributed by atoms with Crippen molar-refractivity contribution in [3.8, 4) is 0 Å². The maximum Gasteiger partial charge on any atom is 0.0737 e. The second-order valence-electron chi connectivity index (χ2n) is 3.97. The van der Waals surface area contributed by atoms with Crippen molar-refractivity contribution >= 4 is 21.6 Å². The zero-order valence-electron chi connectivity index (χ0n) is 9.97. The molecule has 0 saturated carbocycles. The molecule has 0 aliphatic carbocycles. The molecule has 0 aliphatic rings. The minimum atomic E-state index is 0.534. The molecule has 0 atom stereocenters. The summed E-state index contributed by atoms with van der Waals surface area (Å²) in [5.74, 6) is 0. The van der Waals surface area contributed by atoms with Crippen LogP contribution in [-0.4, -0.2) is 11.6 Å². The summed E-state index contributed by atoms with van der Waals surface area (Å²) >= 11 is 3.38. The van der Waals surface area contributed by atoms with E-state index in [2.05, 4.69) is 20.9 Å². The van der Waals surface area contributed by atoms with Crippen LogP contribution in [-0.2, 0) is 17.8 Å². The molecule has 0 fully saturated rings. The monoisotopic (exact) mass is 306 g/mol. The molecule has 0 aliphatic heterocycles. The van der Waals surface area contributed by atoms with Crippen LogP contribution in [0.25, 0.3) is 0 Å². The van der Waals surface area contributed by atoms with Crippen LogP contribution in [0.4, 0.5) is 5.69 Å². The smallest absolute Gasteiger partial charge is 0.0737 e. The predicted molar refractivity (Wildman–Crippen MR) is 76.2 cm³/mol. The van der Waals surface area contributed by atoms with Gasteiger partial charge in [-0.05, 0) is 24.3 Å². The molecule has 0 amide bonds. The summed E-state index contributed by atoms with van der Waals surface area (Å²) in [6.07, 6.45) is 2.61. The Morgan fingerprint density at radius 3 is 2.83 bits per heavy atom. The van der Waals surface area contributed by atoms with Gasteiger partial charge in [0.1, 0.15) is 0 Å². The Morgan fingerprint density at radius 1 is 1.22 bits per heavy atom. The summed E-state index contributed by atoms with van der Waals surface area (Å²) in [7, 11) is 0. The summed E-state index contributed by atoms with van der Waals surface area (Å²) in [6, 6.07) is 11.7. The van der Waals surface area contributed by atoms with Gasteiger partial charge in [0.05, 0.1) is 13.2 Å². The molecule has 0 saturated heterocycles. The largest absolute Gasteiger partial charge is 0.398 e. The molecule has 94 valence electrons. The first-order valence-corrected chi connectivity index (χ1v) is 6.56. The van der Waals surface area contributed by atoms with Crippen LogP contribution in [0, 0.1) is 0 Å². The highest BCUT2D eigenvalue weighted by molar-refractivity contribution is 9.10. The Bertz CT molecular complexity index is 502. The van der Waals surface area contributed by atoms with E-state index in [0.29, 0.717) is 13.2 Å². The highest BCUT2D eigenvalue weighted by Crippen LogP contribution is 2.19. The molecule has 0 bridgehead atoms. The molecule has 18 heavy (non-hydrogen) atoms. The normalized spacial score (nSPS) is 10.5. The van der Waals surface area contributed by atoms with Crippen molar-refractivity contribution in [1.82, 2.24) is 4.98 Å². The Morgan fingerprint density at radius 2 is 2.11 bits per heavy atom. The number of ether oxygens (including phenoxy) is 1. The van der Waals surface area contributed by atoms with Crippen molar-refractivity contribution in [2.45, 2.75) is 13.0 Å². The fraction of sp³-hybridized carbons (Fsp3) is 0.214. The van der Waals surface area contributed by atoms with Gasteiger partial charge in [-0.25, -0.2) is 0 Å². The lowest BCUT2D eigenvalue weighted by atomic mass is 10.2. The average Bonchev–Trinajstić information content (AvgIpc) is 2.38. The molecule has 2 N–H and O–H groups in total. The zero-order chi connectivity index (χ0) is 12.8. The molecule has 2 rings (SSSR count). The molecule has 4 heteroatoms. The third kappa shape index (κ3) is 3.82. The highest BCUT2D eigenvalue weighted by Gasteiger charge is 2.00. The van der Waals surface area contributed by atoms with Gasteiger partial charge in [-0.2, -0.15) is 0 Å². The average molecular weight is 307 g/mol. The van der Waals surface area contributed by atoms with Crippen molar-refractivity contribution in [3.05, 3.63) is 58.3 Å². The SMILES string of the molecule is Nc1cc(Br)ccc1COCCc1ccccn1. The highest BCUT2D eigenvalue weighted by atomic mass is 79.9. The molecule has 0 radical (unpaired) electrons. The molecule has 3 nitrogen and oxygen atoms in total. The quantitative estimate of drug-likeness (QED) is 0.682. The first-order valence-electron chi connectivity index (χ1n) is 5.77. The number of benzene rings is 1. The van der Waals surface area contributed by atoms with Crippen LogP contribution in [0.3, 0.4) is 0 Å². The second-order valence-corrected chi connectivity index (χ2v) is 4.88. The Balaban J connectivity index is 1.79. The van der Waals surface area contributed by atoms with Gasteiger partial charge in [0, 0.05) is 34.0 Å². The summed E-state index contributed by atoms with van der Waals surface area (Å²) in [4.78, 5) is 4.24. The van der Waals surface area contributed by atoms with Gasteiger partial charge in [-0.3, -0.25) is 4.98 Å². The summed E-state index contributed by atoms with van der Waals surface area (Å²) in [5.41, 5.74) is 8.70. The molecule has 1 aromatic heterocycles. The Kier molecular flexibility index (Phi) is 4.73. The van der Waals surface area contributed by atoms with Crippen molar-refractivity contribution in [2.75, 3.05) is 12.3 Å². The van der Waals surface area contributed by atoms with E-state index in [4.69, 9.17) is 10.5 Å². The van der Waals surface area contributed by atoms with Crippen LogP contribution in [0.5, 0.6) is 0 Å². The lowest BCUT2D eigenvalue weighted by molar-refractivity contribution is 0.123. The third-order valence-corrected chi connectivity index (χ3v) is 3.09. The van der Waals surface area contributed by atoms with Gasteiger partial charge in [0.2, 0.25) is 0 Å². The van der Waals surface area contributed by atoms with Gasteiger partial charge in [-0.15, -0.1) is 0 Å². The number of nitrogens with two attached hydrogens (primary N) is 1. The third-order valence-electron chi connectivity index (χ3n) is 2.59. The summed E-state index contributed by atoms with van der Waals surface area (Å²) in [5, 5.41) is 0. The van der Waals surface area contributed by atoms with Gasteiger partial charge < -0.3 is 10.5 Å². The standard InChI is InChI=1S/C14H15BrN2O/c15-12-5-4-11(14(16)9-12)10-18-8-6-13-3-1-2-7-17-13/h1-5,7,9H,6,8,10,16H2. The topological polar surface area (TPSA) is 48.1 Å². The summed E-state index contributed by atoms with van der Waals surface area (Å²) in [6.45, 7) is 1.18. The fourth-order valence-electron chi connectivity index (χ4n) is 1.60. The maximum atomic E-state index is 5.89. The molecule has 1 heterocycles. The Hall–Kier alpha value is -1.39. The minimum Gasteiger partial charge on any atom is -0.398 e. The fourth-order valence-corrected chi connectivity index (χ4v) is 1.98. The second kappa shape index (κ2) is 6.52. The van der Waals surface area contributed by atoms with Crippen molar-refractivity contribution in [3.63, 3.8) is 0 Å². The van der Waals surface area contributed by atoms with E-state index < -0.39 is 0 Å². The first-order chi connectivity index (χ1) is 8.75. The van der Waals surface area contributed by atoms with Crippen molar-refractivity contribution in [2.24, 2.45) is 0 Å². The Labute approximate surface area is 115 Å². The van der Waals surface area contributed by atoms with E-state index in [-0.39, 0.29) is 0 Å². The van der Waals surface area contributed by atoms with Crippen LogP contribution in [0.2, 0.25) is 0 Å². The molecule has 0 unspecified atom stereocenters. The van der Waals surface area contributed by atoms with Gasteiger partial charge in [0.25, 0.3) is 0 Å². The zero-order valence-corrected chi connectivity index (χ0v) is 11.6. The molecule has 0 spiro atoms. The van der Waals surface area contributed by atoms with E-state index >= 15 is 0 Å². The maximum absolute atomic E-state index is 5.89. The van der Waals surface area contributed by atoms with Crippen LogP contribution in [0.1, 0.15) is 11.3 Å². The number of hydrogen-bond acceptors (Lipinski definition) is 3. The van der Waals surface area contributed by atoms with Crippen LogP contribution < -0.4 is 5.73 Å². The number of anilines is 1. The van der Waals surface area contributed by atoms with Gasteiger partial charge in [-0.1, -0.05) is 28.1 Å². The number of nitrogen functional groups attached to an aromatic ring is 1. The van der Waals surface area contributed by atoms with Crippen LogP contribution >= 0.6 is 15.9 Å². The number of aromatic nitrogens is 1. The lowest BCUT2D eigenvalue weighted by Crippen LogP contribution is -2.02. The van der Waals surface area contributed by atoms with E-state index in [1.54, 1.807) is 6.20 Å². The van der Waals surface area contributed by atoms with Gasteiger partial charge in [0.15, 0.2) is 0 Å². The lowest BCUT2D eigenvalue weighted by Gasteiger charge is -2.07. The predicted octanol–water partition coefficient (Wildman–Crippen LogP) is 3.19. The van der Waals surface area contributed by atoms with E-state index in [0.717, 1.165) is 27.8 Å². The van der Waals surface area contributed by atoms with Crippen LogP contribution in [0.15, 0.2) is 47.1 Å². The van der Waals surface area contributed by atoms with E-state index in [9.17, 15) is 0 Å². The van der Waals surface area contributed by atoms with E-state index in [1.807, 2.05) is 36.4 Å². The number of rotatable bonds is 5. The number of halogens is 1. The molecular weight excluding hydrogens is 292 g/mol. The minimum absolute atomic E-state index is 0.534. The van der Waals surface area contributed by atoms with E-state index in [1.165, 1.54) is 0 Å². The van der Waals surface area contributed by atoms with Gasteiger partial charge >= 0.3 is 0 Å². The molecule has 1 aromatic carbocycles. The van der Waals surface area contributed by atoms with Crippen molar-refractivity contribution < 1.29 is 4.74 Å². The summed E-state index contributed by atoms with van der Waals surface area (Å²) < 4.78 is 6.59. The first kappa shape index (κ1) is 13.1.